The van der Waals surface area contributed by atoms with Crippen LogP contribution in [0.3, 0.4) is 0 Å². The van der Waals surface area contributed by atoms with Crippen molar-refractivity contribution >= 4 is 0 Å². The lowest BCUT2D eigenvalue weighted by Crippen LogP contribution is -2.37. The van der Waals surface area contributed by atoms with Gasteiger partial charge in [-0.3, -0.25) is 4.90 Å². The molecule has 0 spiro atoms. The Morgan fingerprint density at radius 2 is 2.33 bits per heavy atom. The van der Waals surface area contributed by atoms with Crippen molar-refractivity contribution in [3.05, 3.63) is 0 Å². The highest BCUT2D eigenvalue weighted by molar-refractivity contribution is 4.76. The van der Waals surface area contributed by atoms with Crippen LogP contribution in [-0.2, 0) is 4.74 Å². The molecule has 0 aromatic rings. The number of aliphatic hydroxyl groups excluding tert-OH is 1. The smallest absolute Gasteiger partial charge is 0.111 e. The van der Waals surface area contributed by atoms with E-state index in [1.165, 1.54) is 0 Å². The molecular formula is C9H19NO2. The topological polar surface area (TPSA) is 32.7 Å². The third kappa shape index (κ3) is 2.19. The van der Waals surface area contributed by atoms with Gasteiger partial charge in [-0.2, -0.15) is 0 Å². The summed E-state index contributed by atoms with van der Waals surface area (Å²) in [4.78, 5) is 2.24. The van der Waals surface area contributed by atoms with E-state index in [-0.39, 0.29) is 12.8 Å². The monoisotopic (exact) mass is 173 g/mol. The van der Waals surface area contributed by atoms with Crippen LogP contribution in [0.1, 0.15) is 26.7 Å². The van der Waals surface area contributed by atoms with Crippen LogP contribution in [-0.4, -0.2) is 42.0 Å². The van der Waals surface area contributed by atoms with E-state index in [1.54, 1.807) is 0 Å². The molecule has 3 nitrogen and oxygen atoms in total. The number of aliphatic hydroxyl groups is 1. The van der Waals surface area contributed by atoms with Crippen molar-refractivity contribution in [3.63, 3.8) is 0 Å². The minimum atomic E-state index is 0.230. The van der Waals surface area contributed by atoms with E-state index < -0.39 is 0 Å². The van der Waals surface area contributed by atoms with Gasteiger partial charge in [0.25, 0.3) is 0 Å². The maximum absolute atomic E-state index is 8.83. The van der Waals surface area contributed by atoms with Gasteiger partial charge in [0.15, 0.2) is 0 Å². The fraction of sp³-hybridized carbons (Fsp3) is 1.00. The second-order valence-electron chi connectivity index (χ2n) is 3.39. The molecule has 1 N–H and O–H groups in total. The van der Waals surface area contributed by atoms with Crippen molar-refractivity contribution < 1.29 is 9.84 Å². The van der Waals surface area contributed by atoms with Crippen LogP contribution >= 0.6 is 0 Å². The fourth-order valence-corrected chi connectivity index (χ4v) is 1.70. The van der Waals surface area contributed by atoms with Gasteiger partial charge in [-0.15, -0.1) is 0 Å². The first kappa shape index (κ1) is 9.96. The molecule has 1 aliphatic rings. The third-order valence-electron chi connectivity index (χ3n) is 2.36. The number of ether oxygens (including phenoxy) is 1. The van der Waals surface area contributed by atoms with E-state index in [0.29, 0.717) is 6.04 Å². The molecule has 1 rings (SSSR count). The maximum Gasteiger partial charge on any atom is 0.111 e. The first-order valence-electron chi connectivity index (χ1n) is 4.77. The molecule has 0 aromatic heterocycles. The van der Waals surface area contributed by atoms with Crippen LogP contribution in [0.4, 0.5) is 0 Å². The summed E-state index contributed by atoms with van der Waals surface area (Å²) in [5.74, 6) is 0. The van der Waals surface area contributed by atoms with Crippen LogP contribution in [0.5, 0.6) is 0 Å². The number of rotatable bonds is 4. The highest BCUT2D eigenvalue weighted by atomic mass is 16.5. The number of nitrogens with zero attached hydrogens (tertiary/aromatic N) is 1. The summed E-state index contributed by atoms with van der Waals surface area (Å²) in [5.41, 5.74) is 0. The van der Waals surface area contributed by atoms with Crippen molar-refractivity contribution in [1.29, 1.82) is 0 Å². The molecule has 2 unspecified atom stereocenters. The Morgan fingerprint density at radius 1 is 1.58 bits per heavy atom. The van der Waals surface area contributed by atoms with Crippen LogP contribution in [0.2, 0.25) is 0 Å². The quantitative estimate of drug-likeness (QED) is 0.683. The average Bonchev–Trinajstić information content (AvgIpc) is 2.37. The molecule has 0 amide bonds. The Bertz CT molecular complexity index is 128. The van der Waals surface area contributed by atoms with Gasteiger partial charge in [0.1, 0.15) is 6.23 Å². The molecule has 1 aliphatic heterocycles. The SMILES string of the molecule is CCCC1OCC(C)N1CCO. The fourth-order valence-electron chi connectivity index (χ4n) is 1.70. The van der Waals surface area contributed by atoms with Crippen molar-refractivity contribution in [2.24, 2.45) is 0 Å². The number of hydrogen-bond donors (Lipinski definition) is 1. The molecule has 0 saturated carbocycles. The normalized spacial score (nSPS) is 31.2. The van der Waals surface area contributed by atoms with Gasteiger partial charge < -0.3 is 9.84 Å². The second-order valence-corrected chi connectivity index (χ2v) is 3.39. The summed E-state index contributed by atoms with van der Waals surface area (Å²) in [6.07, 6.45) is 2.46. The summed E-state index contributed by atoms with van der Waals surface area (Å²) >= 11 is 0. The van der Waals surface area contributed by atoms with Crippen LogP contribution < -0.4 is 0 Å². The highest BCUT2D eigenvalue weighted by Gasteiger charge is 2.29. The van der Waals surface area contributed by atoms with Crippen molar-refractivity contribution in [3.8, 4) is 0 Å². The van der Waals surface area contributed by atoms with Gasteiger partial charge in [-0.1, -0.05) is 13.3 Å². The Morgan fingerprint density at radius 3 is 2.92 bits per heavy atom. The first-order valence-corrected chi connectivity index (χ1v) is 4.77. The molecule has 0 aromatic carbocycles. The lowest BCUT2D eigenvalue weighted by molar-refractivity contribution is 0.0165. The second kappa shape index (κ2) is 4.80. The molecule has 1 fully saturated rings. The van der Waals surface area contributed by atoms with E-state index in [2.05, 4.69) is 18.7 Å². The van der Waals surface area contributed by atoms with Crippen molar-refractivity contribution in [2.45, 2.75) is 39.0 Å². The largest absolute Gasteiger partial charge is 0.395 e. The van der Waals surface area contributed by atoms with E-state index in [0.717, 1.165) is 26.0 Å². The molecule has 12 heavy (non-hydrogen) atoms. The van der Waals surface area contributed by atoms with Crippen LogP contribution in [0, 0.1) is 0 Å². The highest BCUT2D eigenvalue weighted by Crippen LogP contribution is 2.19. The van der Waals surface area contributed by atoms with Crippen LogP contribution in [0.15, 0.2) is 0 Å². The average molecular weight is 173 g/mol. The van der Waals surface area contributed by atoms with Gasteiger partial charge in [-0.25, -0.2) is 0 Å². The molecule has 1 saturated heterocycles. The molecule has 0 radical (unpaired) electrons. The number of hydrogen-bond acceptors (Lipinski definition) is 3. The first-order chi connectivity index (χ1) is 5.79. The Labute approximate surface area is 74.3 Å². The standard InChI is InChI=1S/C9H19NO2/c1-3-4-9-10(5-6-11)8(2)7-12-9/h8-9,11H,3-7H2,1-2H3. The Balaban J connectivity index is 2.39. The Hall–Kier alpha value is -0.120. The van der Waals surface area contributed by atoms with E-state index >= 15 is 0 Å². The van der Waals surface area contributed by atoms with Crippen molar-refractivity contribution in [1.82, 2.24) is 4.90 Å². The van der Waals surface area contributed by atoms with E-state index in [4.69, 9.17) is 9.84 Å². The van der Waals surface area contributed by atoms with E-state index in [1.807, 2.05) is 0 Å². The predicted octanol–water partition coefficient (Wildman–Crippen LogP) is 0.826. The molecule has 0 bridgehead atoms. The summed E-state index contributed by atoms with van der Waals surface area (Å²) in [5, 5.41) is 8.83. The lowest BCUT2D eigenvalue weighted by atomic mass is 10.2. The lowest BCUT2D eigenvalue weighted by Gasteiger charge is -2.24. The molecule has 0 aliphatic carbocycles. The third-order valence-corrected chi connectivity index (χ3v) is 2.36. The van der Waals surface area contributed by atoms with E-state index in [9.17, 15) is 0 Å². The maximum atomic E-state index is 8.83. The van der Waals surface area contributed by atoms with Crippen molar-refractivity contribution in [2.75, 3.05) is 19.8 Å². The van der Waals surface area contributed by atoms with Gasteiger partial charge >= 0.3 is 0 Å². The summed E-state index contributed by atoms with van der Waals surface area (Å²) in [6, 6.07) is 0.466. The number of β-amino-alcohol motifs (C(OH)–C–C–N with tert-alkyl or cyclic N) is 1. The molecule has 1 heterocycles. The zero-order chi connectivity index (χ0) is 8.97. The summed E-state index contributed by atoms with van der Waals surface area (Å²) < 4.78 is 5.59. The molecule has 3 heteroatoms. The molecular weight excluding hydrogens is 154 g/mol. The predicted molar refractivity (Wildman–Crippen MR) is 47.9 cm³/mol. The zero-order valence-electron chi connectivity index (χ0n) is 7.99. The molecule has 72 valence electrons. The van der Waals surface area contributed by atoms with Crippen LogP contribution in [0.25, 0.3) is 0 Å². The Kier molecular flexibility index (Phi) is 3.98. The van der Waals surface area contributed by atoms with Gasteiger partial charge in [0.05, 0.1) is 13.2 Å². The van der Waals surface area contributed by atoms with Gasteiger partial charge in [0, 0.05) is 12.6 Å². The molecule has 2 atom stereocenters. The zero-order valence-corrected chi connectivity index (χ0v) is 7.99. The van der Waals surface area contributed by atoms with Gasteiger partial charge in [0.2, 0.25) is 0 Å². The minimum absolute atomic E-state index is 0.230. The van der Waals surface area contributed by atoms with Gasteiger partial charge in [-0.05, 0) is 13.3 Å². The minimum Gasteiger partial charge on any atom is -0.395 e. The summed E-state index contributed by atoms with van der Waals surface area (Å²) in [6.45, 7) is 6.08. The summed E-state index contributed by atoms with van der Waals surface area (Å²) in [7, 11) is 0.